The predicted octanol–water partition coefficient (Wildman–Crippen LogP) is 5.90. The highest BCUT2D eigenvalue weighted by molar-refractivity contribution is 5.98. The average molecular weight is 722 g/mol. The Bertz CT molecular complexity index is 2410. The summed E-state index contributed by atoms with van der Waals surface area (Å²) in [6, 6.07) is 9.47. The van der Waals surface area contributed by atoms with Gasteiger partial charge >= 0.3 is 0 Å². The summed E-state index contributed by atoms with van der Waals surface area (Å²) in [6.45, 7) is 2.16. The normalized spacial score (nSPS) is 19.0. The Morgan fingerprint density at radius 1 is 0.830 bits per heavy atom. The van der Waals surface area contributed by atoms with Crippen molar-refractivity contribution in [1.82, 2.24) is 34.1 Å². The smallest absolute Gasteiger partial charge is 0.231 e. The number of amides is 2. The molecule has 272 valence electrons. The van der Waals surface area contributed by atoms with E-state index in [1.54, 1.807) is 51.0 Å². The number of methoxy groups -OCH3 is 1. The van der Waals surface area contributed by atoms with Crippen LogP contribution in [-0.2, 0) is 30.1 Å². The Labute approximate surface area is 302 Å². The zero-order valence-corrected chi connectivity index (χ0v) is 29.6. The first kappa shape index (κ1) is 34.1. The van der Waals surface area contributed by atoms with E-state index in [-0.39, 0.29) is 24.7 Å². The Hall–Kier alpha value is -5.99. The summed E-state index contributed by atoms with van der Waals surface area (Å²) >= 11 is 0. The lowest BCUT2D eigenvalue weighted by molar-refractivity contribution is -0.118. The van der Waals surface area contributed by atoms with E-state index in [1.807, 2.05) is 41.4 Å². The van der Waals surface area contributed by atoms with E-state index < -0.39 is 24.2 Å². The molecule has 2 fully saturated rings. The number of carbonyl (C=O) groups is 2. The minimum Gasteiger partial charge on any atom is -0.480 e. The summed E-state index contributed by atoms with van der Waals surface area (Å²) in [7, 11) is 5.43. The lowest BCUT2D eigenvalue weighted by Gasteiger charge is -2.15. The summed E-state index contributed by atoms with van der Waals surface area (Å²) in [5.74, 6) is 0.264. The van der Waals surface area contributed by atoms with E-state index in [9.17, 15) is 18.4 Å². The fourth-order valence-electron chi connectivity index (χ4n) is 6.69. The van der Waals surface area contributed by atoms with Crippen LogP contribution in [0.2, 0.25) is 0 Å². The van der Waals surface area contributed by atoms with Gasteiger partial charge in [0.05, 0.1) is 71.5 Å². The second-order valence-electron chi connectivity index (χ2n) is 13.6. The molecule has 0 spiro atoms. The van der Waals surface area contributed by atoms with Crippen LogP contribution in [0.5, 0.6) is 11.8 Å². The number of halogens is 2. The highest BCUT2D eigenvalue weighted by Crippen LogP contribution is 2.39. The van der Waals surface area contributed by atoms with Gasteiger partial charge in [0, 0.05) is 37.3 Å². The van der Waals surface area contributed by atoms with E-state index >= 15 is 0 Å². The summed E-state index contributed by atoms with van der Waals surface area (Å²) in [5.41, 5.74) is 5.87. The molecule has 2 saturated carbocycles. The Kier molecular flexibility index (Phi) is 8.71. The Morgan fingerprint density at radius 2 is 1.42 bits per heavy atom. The van der Waals surface area contributed by atoms with Crippen LogP contribution in [0, 0.1) is 18.8 Å². The average Bonchev–Trinajstić information content (AvgIpc) is 4.02. The first-order valence-corrected chi connectivity index (χ1v) is 17.4. The van der Waals surface area contributed by atoms with Crippen molar-refractivity contribution in [2.75, 3.05) is 24.4 Å². The maximum Gasteiger partial charge on any atom is 0.231 e. The fourth-order valence-corrected chi connectivity index (χ4v) is 6.69. The second-order valence-corrected chi connectivity index (χ2v) is 13.6. The number of anilines is 2. The molecule has 15 heteroatoms. The number of rotatable bonds is 12. The monoisotopic (exact) mass is 721 g/mol. The van der Waals surface area contributed by atoms with Gasteiger partial charge in [0.25, 0.3) is 0 Å². The van der Waals surface area contributed by atoms with Gasteiger partial charge in [0.1, 0.15) is 29.8 Å². The zero-order chi connectivity index (χ0) is 37.0. The first-order valence-electron chi connectivity index (χ1n) is 17.4. The van der Waals surface area contributed by atoms with Gasteiger partial charge in [-0.3, -0.25) is 9.59 Å². The second kappa shape index (κ2) is 13.5. The van der Waals surface area contributed by atoms with Crippen molar-refractivity contribution >= 4 is 45.3 Å². The van der Waals surface area contributed by atoms with Gasteiger partial charge < -0.3 is 29.2 Å². The van der Waals surface area contributed by atoms with Crippen molar-refractivity contribution in [3.63, 3.8) is 0 Å². The molecule has 2 amide bonds. The first-order chi connectivity index (χ1) is 25.6. The lowest BCUT2D eigenvalue weighted by Crippen LogP contribution is -2.15. The number of ether oxygens (including phenoxy) is 2. The number of fused-ring (bicyclic) bond motifs is 2. The van der Waals surface area contributed by atoms with Crippen LogP contribution in [0.1, 0.15) is 30.7 Å². The number of aromatic nitrogens is 7. The molecule has 53 heavy (non-hydrogen) atoms. The number of pyridine rings is 3. The number of aryl methyl sites for hydroxylation is 4. The molecule has 0 saturated heterocycles. The summed E-state index contributed by atoms with van der Waals surface area (Å²) in [6.07, 6.45) is 6.40. The molecule has 2 aliphatic rings. The number of hydrogen-bond donors (Lipinski definition) is 2. The van der Waals surface area contributed by atoms with Crippen molar-refractivity contribution in [2.24, 2.45) is 25.9 Å². The fraction of sp³-hybridized carbons (Fsp3) is 0.342. The summed E-state index contributed by atoms with van der Waals surface area (Å²) in [5, 5.41) is 7.14. The molecule has 6 aromatic heterocycles. The van der Waals surface area contributed by atoms with Gasteiger partial charge in [-0.1, -0.05) is 0 Å². The maximum atomic E-state index is 13.4. The van der Waals surface area contributed by atoms with Crippen molar-refractivity contribution < 1.29 is 27.8 Å². The minimum atomic E-state index is -1.09. The number of hydrogen-bond acceptors (Lipinski definition) is 9. The molecule has 8 rings (SSSR count). The van der Waals surface area contributed by atoms with Crippen molar-refractivity contribution in [1.29, 1.82) is 0 Å². The number of carbonyl (C=O) groups excluding carboxylic acids is 2. The van der Waals surface area contributed by atoms with Gasteiger partial charge in [0.2, 0.25) is 23.6 Å². The third-order valence-corrected chi connectivity index (χ3v) is 9.89. The molecule has 13 nitrogen and oxygen atoms in total. The van der Waals surface area contributed by atoms with Crippen LogP contribution in [0.25, 0.3) is 44.3 Å². The van der Waals surface area contributed by atoms with Gasteiger partial charge in [-0.05, 0) is 68.5 Å². The molecule has 0 unspecified atom stereocenters. The van der Waals surface area contributed by atoms with E-state index in [4.69, 9.17) is 9.47 Å². The molecule has 2 aliphatic carbocycles. The Balaban J connectivity index is 0.999. The quantitative estimate of drug-likeness (QED) is 0.147. The van der Waals surface area contributed by atoms with Crippen molar-refractivity contribution in [2.45, 2.75) is 45.0 Å². The van der Waals surface area contributed by atoms with Crippen molar-refractivity contribution in [3.8, 4) is 34.3 Å². The topological polar surface area (TPSA) is 151 Å². The highest BCUT2D eigenvalue weighted by Gasteiger charge is 2.44. The molecule has 6 heterocycles. The van der Waals surface area contributed by atoms with Crippen LogP contribution in [-0.4, -0.2) is 71.9 Å². The maximum absolute atomic E-state index is 13.4. The molecule has 0 radical (unpaired) electrons. The third-order valence-electron chi connectivity index (χ3n) is 9.89. The number of nitrogens with zero attached hydrogens (tertiary/aromatic N) is 7. The third kappa shape index (κ3) is 6.62. The minimum absolute atomic E-state index is 0.245. The number of alkyl halides is 2. The molecular weight excluding hydrogens is 684 g/mol. The molecule has 4 atom stereocenters. The standard InChI is InChI=1S/C38H37F2N9O4/c1-19-42-16-25(28-10-21-12-32(43-17-30(21)48(28)2)46-35(50)23-14-26(23)39)37(45-19)53-9-5-6-20-7-8-41-38(52-4)34(20)29-11-22-13-33(44-18-31(22)49(29)3)47-36(51)24-15-27(24)40/h7-8,10-13,16-18,23-24,26-27H,5-6,9,14-15H2,1-4H3,(H,43,46,50)(H,44,47,51)/t23-,24-,26+,27+/m1/s1. The van der Waals surface area contributed by atoms with Gasteiger partial charge in [-0.15, -0.1) is 0 Å². The van der Waals surface area contributed by atoms with Gasteiger partial charge in [-0.25, -0.2) is 28.7 Å². The molecule has 0 aliphatic heterocycles. The largest absolute Gasteiger partial charge is 0.480 e. The molecular formula is C38H37F2N9O4. The SMILES string of the molecule is COc1nccc(CCCOc2nc(C)ncc2-c2cc3cc(NC(=O)[C@@H]4C[C@@H]4F)ncc3n2C)c1-c1cc2cc(NC(=O)[C@@H]3C[C@@H]3F)ncc2n1C. The van der Waals surface area contributed by atoms with Crippen LogP contribution >= 0.6 is 0 Å². The van der Waals surface area contributed by atoms with Crippen LogP contribution < -0.4 is 20.1 Å². The molecule has 6 aromatic rings. The van der Waals surface area contributed by atoms with E-state index in [0.29, 0.717) is 54.2 Å². The molecule has 2 N–H and O–H groups in total. The van der Waals surface area contributed by atoms with Gasteiger partial charge in [-0.2, -0.15) is 4.98 Å². The highest BCUT2D eigenvalue weighted by atomic mass is 19.1. The van der Waals surface area contributed by atoms with Crippen LogP contribution in [0.4, 0.5) is 20.4 Å². The van der Waals surface area contributed by atoms with E-state index in [1.165, 1.54) is 0 Å². The van der Waals surface area contributed by atoms with E-state index in [0.717, 1.165) is 44.3 Å². The number of nitrogens with one attached hydrogen (secondary N) is 2. The Morgan fingerprint density at radius 3 is 2.00 bits per heavy atom. The predicted molar refractivity (Wildman–Crippen MR) is 194 cm³/mol. The van der Waals surface area contributed by atoms with Crippen LogP contribution in [0.3, 0.4) is 0 Å². The molecule has 0 aromatic carbocycles. The summed E-state index contributed by atoms with van der Waals surface area (Å²) < 4.78 is 42.8. The summed E-state index contributed by atoms with van der Waals surface area (Å²) in [4.78, 5) is 46.9. The van der Waals surface area contributed by atoms with Crippen molar-refractivity contribution in [3.05, 3.63) is 66.5 Å². The zero-order valence-electron chi connectivity index (χ0n) is 29.6. The van der Waals surface area contributed by atoms with Gasteiger partial charge in [0.15, 0.2) is 0 Å². The van der Waals surface area contributed by atoms with Crippen LogP contribution in [0.15, 0.2) is 55.1 Å². The lowest BCUT2D eigenvalue weighted by atomic mass is 10.0. The van der Waals surface area contributed by atoms with E-state index in [2.05, 4.69) is 35.6 Å². The molecule has 0 bridgehead atoms.